The average Bonchev–Trinajstić information content (AvgIpc) is 2.98. The second-order valence-electron chi connectivity index (χ2n) is 7.15. The first kappa shape index (κ1) is 11.3. The van der Waals surface area contributed by atoms with E-state index in [0.717, 1.165) is 29.6 Å². The van der Waals surface area contributed by atoms with Gasteiger partial charge in [0.1, 0.15) is 0 Å². The minimum atomic E-state index is 0.287. The van der Waals surface area contributed by atoms with E-state index in [4.69, 9.17) is 5.26 Å². The Bertz CT molecular complexity index is 375. The van der Waals surface area contributed by atoms with Gasteiger partial charge >= 0.3 is 0 Å². The number of nitriles is 1. The number of fused-ring (bicyclic) bond motifs is 5. The molecule has 0 amide bonds. The lowest BCUT2D eigenvalue weighted by Crippen LogP contribution is -2.33. The molecule has 0 aromatic carbocycles. The van der Waals surface area contributed by atoms with E-state index in [1.54, 1.807) is 0 Å². The summed E-state index contributed by atoms with van der Waals surface area (Å²) in [6.07, 6.45) is 7.37. The van der Waals surface area contributed by atoms with E-state index in [1.807, 2.05) is 0 Å². The summed E-state index contributed by atoms with van der Waals surface area (Å²) in [4.78, 5) is 0. The number of rotatable bonds is 2. The molecule has 3 aliphatic carbocycles. The molecule has 17 heavy (non-hydrogen) atoms. The molecular weight excluding hydrogens is 206 g/mol. The second-order valence-corrected chi connectivity index (χ2v) is 7.15. The van der Waals surface area contributed by atoms with Gasteiger partial charge in [0.2, 0.25) is 0 Å². The molecule has 3 saturated carbocycles. The van der Waals surface area contributed by atoms with E-state index in [1.165, 1.54) is 25.7 Å². The van der Waals surface area contributed by atoms with E-state index in [0.29, 0.717) is 5.92 Å². The molecule has 0 aromatic rings. The monoisotopic (exact) mass is 229 g/mol. The molecule has 3 aliphatic rings. The van der Waals surface area contributed by atoms with E-state index in [-0.39, 0.29) is 5.41 Å². The molecule has 0 spiro atoms. The van der Waals surface area contributed by atoms with Crippen LogP contribution in [0.15, 0.2) is 12.7 Å². The Morgan fingerprint density at radius 2 is 1.82 bits per heavy atom. The van der Waals surface area contributed by atoms with Crippen molar-refractivity contribution in [2.24, 2.45) is 40.9 Å². The molecule has 2 bridgehead atoms. The predicted molar refractivity (Wildman–Crippen MR) is 69.0 cm³/mol. The topological polar surface area (TPSA) is 23.8 Å². The summed E-state index contributed by atoms with van der Waals surface area (Å²) in [5.74, 6) is 4.75. The Labute approximate surface area is 105 Å². The number of hydrogen-bond acceptors (Lipinski definition) is 1. The highest BCUT2D eigenvalue weighted by Crippen LogP contribution is 2.65. The van der Waals surface area contributed by atoms with Crippen LogP contribution in [0, 0.1) is 52.3 Å². The molecule has 0 aliphatic heterocycles. The third-order valence-electron chi connectivity index (χ3n) is 6.13. The third kappa shape index (κ3) is 1.49. The lowest BCUT2D eigenvalue weighted by atomic mass is 9.65. The van der Waals surface area contributed by atoms with Gasteiger partial charge in [-0.3, -0.25) is 0 Å². The quantitative estimate of drug-likeness (QED) is 0.656. The van der Waals surface area contributed by atoms with Crippen molar-refractivity contribution in [3.05, 3.63) is 12.7 Å². The zero-order chi connectivity index (χ0) is 12.2. The van der Waals surface area contributed by atoms with Gasteiger partial charge in [-0.25, -0.2) is 0 Å². The van der Waals surface area contributed by atoms with Gasteiger partial charge in [0.25, 0.3) is 0 Å². The normalized spacial score (nSPS) is 47.8. The Balaban J connectivity index is 1.81. The Hall–Kier alpha value is -0.770. The largest absolute Gasteiger partial charge is 0.198 e. The summed E-state index contributed by atoms with van der Waals surface area (Å²) >= 11 is 0. The van der Waals surface area contributed by atoms with Gasteiger partial charge in [-0.15, -0.1) is 6.58 Å². The molecule has 0 N–H and O–H groups in total. The molecule has 0 radical (unpaired) electrons. The molecule has 0 heterocycles. The van der Waals surface area contributed by atoms with E-state index >= 15 is 0 Å². The Kier molecular flexibility index (Phi) is 2.41. The molecule has 3 rings (SSSR count). The van der Waals surface area contributed by atoms with Crippen molar-refractivity contribution in [3.8, 4) is 6.07 Å². The standard InChI is InChI=1S/C16H23N/c1-4-16(2,3)15-8-11-7-14(15)13-6-10(9-17)5-12(11)13/h4,10-15H,1,5-8H2,2-3H3. The van der Waals surface area contributed by atoms with Crippen molar-refractivity contribution in [1.82, 2.24) is 0 Å². The smallest absolute Gasteiger partial charge is 0.0656 e. The van der Waals surface area contributed by atoms with Crippen LogP contribution < -0.4 is 0 Å². The lowest BCUT2D eigenvalue weighted by molar-refractivity contribution is 0.114. The summed E-state index contributed by atoms with van der Waals surface area (Å²) in [5, 5.41) is 9.12. The van der Waals surface area contributed by atoms with Crippen molar-refractivity contribution in [3.63, 3.8) is 0 Å². The molecule has 0 saturated heterocycles. The van der Waals surface area contributed by atoms with Crippen LogP contribution in [0.4, 0.5) is 0 Å². The maximum Gasteiger partial charge on any atom is 0.0656 e. The fraction of sp³-hybridized carbons (Fsp3) is 0.812. The van der Waals surface area contributed by atoms with Crippen LogP contribution in [0.3, 0.4) is 0 Å². The molecule has 1 heteroatoms. The van der Waals surface area contributed by atoms with Crippen molar-refractivity contribution in [1.29, 1.82) is 5.26 Å². The molecule has 92 valence electrons. The predicted octanol–water partition coefficient (Wildman–Crippen LogP) is 4.02. The lowest BCUT2D eigenvalue weighted by Gasteiger charge is -2.39. The maximum atomic E-state index is 9.12. The highest BCUT2D eigenvalue weighted by Gasteiger charge is 2.58. The van der Waals surface area contributed by atoms with Gasteiger partial charge in [-0.1, -0.05) is 19.9 Å². The molecule has 0 aromatic heterocycles. The highest BCUT2D eigenvalue weighted by molar-refractivity contribution is 5.11. The van der Waals surface area contributed by atoms with Crippen molar-refractivity contribution in [2.75, 3.05) is 0 Å². The van der Waals surface area contributed by atoms with Crippen LogP contribution in [-0.4, -0.2) is 0 Å². The zero-order valence-electron chi connectivity index (χ0n) is 11.0. The number of hydrogen-bond donors (Lipinski definition) is 0. The summed E-state index contributed by atoms with van der Waals surface area (Å²) in [6.45, 7) is 8.71. The Morgan fingerprint density at radius 1 is 1.12 bits per heavy atom. The molecule has 6 atom stereocenters. The first-order chi connectivity index (χ1) is 8.06. The fourth-order valence-electron chi connectivity index (χ4n) is 5.18. The Morgan fingerprint density at radius 3 is 2.47 bits per heavy atom. The number of allylic oxidation sites excluding steroid dienone is 1. The van der Waals surface area contributed by atoms with Crippen molar-refractivity contribution < 1.29 is 0 Å². The van der Waals surface area contributed by atoms with Crippen LogP contribution >= 0.6 is 0 Å². The number of nitrogens with zero attached hydrogens (tertiary/aromatic N) is 1. The van der Waals surface area contributed by atoms with Gasteiger partial charge in [0, 0.05) is 5.92 Å². The second kappa shape index (κ2) is 3.61. The van der Waals surface area contributed by atoms with Crippen molar-refractivity contribution >= 4 is 0 Å². The summed E-state index contributed by atoms with van der Waals surface area (Å²) in [7, 11) is 0. The summed E-state index contributed by atoms with van der Waals surface area (Å²) in [5.41, 5.74) is 0.287. The van der Waals surface area contributed by atoms with Crippen LogP contribution in [-0.2, 0) is 0 Å². The van der Waals surface area contributed by atoms with Gasteiger partial charge < -0.3 is 0 Å². The van der Waals surface area contributed by atoms with Gasteiger partial charge in [0.15, 0.2) is 0 Å². The minimum absolute atomic E-state index is 0.287. The van der Waals surface area contributed by atoms with Crippen LogP contribution in [0.5, 0.6) is 0 Å². The van der Waals surface area contributed by atoms with Gasteiger partial charge in [-0.2, -0.15) is 5.26 Å². The third-order valence-corrected chi connectivity index (χ3v) is 6.13. The van der Waals surface area contributed by atoms with Gasteiger partial charge in [-0.05, 0) is 60.7 Å². The van der Waals surface area contributed by atoms with E-state index < -0.39 is 0 Å². The molecule has 3 fully saturated rings. The first-order valence-corrected chi connectivity index (χ1v) is 7.10. The van der Waals surface area contributed by atoms with E-state index in [2.05, 4.69) is 32.6 Å². The zero-order valence-corrected chi connectivity index (χ0v) is 11.0. The van der Waals surface area contributed by atoms with Crippen LogP contribution in [0.1, 0.15) is 39.5 Å². The molecule has 1 nitrogen and oxygen atoms in total. The fourth-order valence-corrected chi connectivity index (χ4v) is 5.18. The summed E-state index contributed by atoms with van der Waals surface area (Å²) in [6, 6.07) is 2.51. The SMILES string of the molecule is C=CC(C)(C)C1CC2CC1C1CC(C#N)CC21. The average molecular weight is 229 g/mol. The summed E-state index contributed by atoms with van der Waals surface area (Å²) < 4.78 is 0. The first-order valence-electron chi connectivity index (χ1n) is 7.10. The molecule has 6 unspecified atom stereocenters. The van der Waals surface area contributed by atoms with Gasteiger partial charge in [0.05, 0.1) is 6.07 Å². The van der Waals surface area contributed by atoms with Crippen LogP contribution in [0.25, 0.3) is 0 Å². The van der Waals surface area contributed by atoms with Crippen molar-refractivity contribution in [2.45, 2.75) is 39.5 Å². The molecular formula is C16H23N. The van der Waals surface area contributed by atoms with Crippen LogP contribution in [0.2, 0.25) is 0 Å². The maximum absolute atomic E-state index is 9.12. The van der Waals surface area contributed by atoms with E-state index in [9.17, 15) is 0 Å². The highest BCUT2D eigenvalue weighted by atomic mass is 14.6. The minimum Gasteiger partial charge on any atom is -0.198 e.